The molecule has 0 radical (unpaired) electrons. The molecule has 4 rings (SSSR count). The number of amides is 3. The lowest BCUT2D eigenvalue weighted by Gasteiger charge is -2.15. The number of aryl methyl sites for hydroxylation is 1. The maximum atomic E-state index is 12.7. The number of carbonyl (C=O) groups excluding carboxylic acids is 4. The van der Waals surface area contributed by atoms with Gasteiger partial charge in [0, 0.05) is 10.2 Å². The van der Waals surface area contributed by atoms with Gasteiger partial charge in [0.05, 0.1) is 23.1 Å². The predicted octanol–water partition coefficient (Wildman–Crippen LogP) is 4.01. The fraction of sp³-hybridized carbons (Fsp3) is 0.250. The second-order valence-corrected chi connectivity index (χ2v) is 8.66. The molecule has 8 heteroatoms. The van der Waals surface area contributed by atoms with E-state index < -0.39 is 18.5 Å². The number of allylic oxidation sites excluding steroid dienone is 2. The number of benzene rings is 2. The number of imide groups is 1. The fourth-order valence-corrected chi connectivity index (χ4v) is 4.18. The van der Waals surface area contributed by atoms with Crippen LogP contribution in [0.2, 0.25) is 0 Å². The molecule has 0 aromatic heterocycles. The van der Waals surface area contributed by atoms with Crippen molar-refractivity contribution in [2.45, 2.75) is 19.8 Å². The summed E-state index contributed by atoms with van der Waals surface area (Å²) in [5, 5.41) is 2.67. The molecule has 0 saturated carbocycles. The van der Waals surface area contributed by atoms with Gasteiger partial charge in [0.1, 0.15) is 0 Å². The summed E-state index contributed by atoms with van der Waals surface area (Å²) < 4.78 is 6.01. The molecule has 3 amide bonds. The minimum atomic E-state index is -0.671. The third kappa shape index (κ3) is 4.36. The van der Waals surface area contributed by atoms with Crippen molar-refractivity contribution < 1.29 is 23.9 Å². The standard InChI is InChI=1S/C24H21BrN2O5/c1-14-12-16(8-11-20(14)25)26-21(28)13-32-24(31)15-6-9-17(10-7-15)27-22(29)18-4-2-3-5-19(18)23(27)30/h2-3,6-12,18-19H,4-5,13H2,1H3,(H,26,28)/t18-,19+. The van der Waals surface area contributed by atoms with Crippen molar-refractivity contribution in [3.05, 3.63) is 70.2 Å². The van der Waals surface area contributed by atoms with Crippen LogP contribution in [0.5, 0.6) is 0 Å². The van der Waals surface area contributed by atoms with Crippen LogP contribution in [0.25, 0.3) is 0 Å². The largest absolute Gasteiger partial charge is 0.452 e. The maximum absolute atomic E-state index is 12.7. The number of ether oxygens (including phenoxy) is 1. The van der Waals surface area contributed by atoms with E-state index in [0.29, 0.717) is 24.2 Å². The molecule has 2 aromatic carbocycles. The minimum absolute atomic E-state index is 0.209. The van der Waals surface area contributed by atoms with Gasteiger partial charge in [-0.25, -0.2) is 4.79 Å². The highest BCUT2D eigenvalue weighted by Crippen LogP contribution is 2.37. The summed E-state index contributed by atoms with van der Waals surface area (Å²) in [6.45, 7) is 1.46. The Morgan fingerprint density at radius 2 is 1.66 bits per heavy atom. The van der Waals surface area contributed by atoms with Crippen molar-refractivity contribution >= 4 is 51.0 Å². The Kier molecular flexibility index (Phi) is 6.23. The van der Waals surface area contributed by atoms with Crippen LogP contribution in [-0.4, -0.2) is 30.3 Å². The van der Waals surface area contributed by atoms with E-state index in [9.17, 15) is 19.2 Å². The molecule has 2 atom stereocenters. The molecular formula is C24H21BrN2O5. The Labute approximate surface area is 193 Å². The molecule has 164 valence electrons. The molecule has 2 aliphatic rings. The summed E-state index contributed by atoms with van der Waals surface area (Å²) in [7, 11) is 0. The van der Waals surface area contributed by atoms with Crippen molar-refractivity contribution in [1.29, 1.82) is 0 Å². The Hall–Kier alpha value is -3.26. The molecule has 1 aliphatic heterocycles. The van der Waals surface area contributed by atoms with Gasteiger partial charge in [-0.15, -0.1) is 0 Å². The van der Waals surface area contributed by atoms with Crippen LogP contribution >= 0.6 is 15.9 Å². The molecule has 1 fully saturated rings. The van der Waals surface area contributed by atoms with Crippen molar-refractivity contribution in [2.75, 3.05) is 16.8 Å². The van der Waals surface area contributed by atoms with E-state index in [1.54, 1.807) is 24.3 Å². The lowest BCUT2D eigenvalue weighted by molar-refractivity contribution is -0.122. The minimum Gasteiger partial charge on any atom is -0.452 e. The molecule has 1 N–H and O–H groups in total. The third-order valence-corrected chi connectivity index (χ3v) is 6.53. The van der Waals surface area contributed by atoms with E-state index >= 15 is 0 Å². The second-order valence-electron chi connectivity index (χ2n) is 7.80. The van der Waals surface area contributed by atoms with Crippen LogP contribution in [0.3, 0.4) is 0 Å². The summed E-state index contributed by atoms with van der Waals surface area (Å²) in [5.74, 6) is -2.17. The van der Waals surface area contributed by atoms with Gasteiger partial charge in [0.25, 0.3) is 5.91 Å². The van der Waals surface area contributed by atoms with Gasteiger partial charge in [-0.05, 0) is 67.8 Å². The Balaban J connectivity index is 1.35. The highest BCUT2D eigenvalue weighted by Gasteiger charge is 2.47. The van der Waals surface area contributed by atoms with Gasteiger partial charge in [0.2, 0.25) is 11.8 Å². The Bertz CT molecular complexity index is 1100. The molecule has 1 heterocycles. The first-order valence-corrected chi connectivity index (χ1v) is 11.0. The normalized spacial score (nSPS) is 19.6. The molecule has 2 aromatic rings. The lowest BCUT2D eigenvalue weighted by Crippen LogP contribution is -2.30. The Morgan fingerprint density at radius 3 is 2.25 bits per heavy atom. The highest BCUT2D eigenvalue weighted by molar-refractivity contribution is 9.10. The number of anilines is 2. The van der Waals surface area contributed by atoms with Crippen LogP contribution in [-0.2, 0) is 19.1 Å². The van der Waals surface area contributed by atoms with Crippen molar-refractivity contribution in [2.24, 2.45) is 11.8 Å². The Morgan fingerprint density at radius 1 is 1.03 bits per heavy atom. The van der Waals surface area contributed by atoms with E-state index in [-0.39, 0.29) is 29.2 Å². The van der Waals surface area contributed by atoms with Gasteiger partial charge in [-0.2, -0.15) is 0 Å². The van der Waals surface area contributed by atoms with E-state index in [4.69, 9.17) is 4.74 Å². The van der Waals surface area contributed by atoms with Gasteiger partial charge >= 0.3 is 5.97 Å². The number of nitrogens with zero attached hydrogens (tertiary/aromatic N) is 1. The first-order chi connectivity index (χ1) is 15.3. The van der Waals surface area contributed by atoms with Crippen molar-refractivity contribution in [3.63, 3.8) is 0 Å². The van der Waals surface area contributed by atoms with Gasteiger partial charge in [-0.1, -0.05) is 28.1 Å². The topological polar surface area (TPSA) is 92.8 Å². The fourth-order valence-electron chi connectivity index (χ4n) is 3.94. The third-order valence-electron chi connectivity index (χ3n) is 5.64. The van der Waals surface area contributed by atoms with Crippen LogP contribution in [0.4, 0.5) is 11.4 Å². The average Bonchev–Trinajstić information content (AvgIpc) is 3.05. The first kappa shape index (κ1) is 22.0. The molecule has 7 nitrogen and oxygen atoms in total. The number of halogens is 1. The van der Waals surface area contributed by atoms with Gasteiger partial charge in [-0.3, -0.25) is 19.3 Å². The van der Waals surface area contributed by atoms with Crippen LogP contribution in [0.15, 0.2) is 59.1 Å². The zero-order valence-corrected chi connectivity index (χ0v) is 18.9. The highest BCUT2D eigenvalue weighted by atomic mass is 79.9. The summed E-state index contributed by atoms with van der Waals surface area (Å²) in [5.41, 5.74) is 2.21. The van der Waals surface area contributed by atoms with Crippen molar-refractivity contribution in [3.8, 4) is 0 Å². The summed E-state index contributed by atoms with van der Waals surface area (Å²) in [6.07, 6.45) is 5.00. The van der Waals surface area contributed by atoms with Crippen LogP contribution < -0.4 is 10.2 Å². The average molecular weight is 497 g/mol. The van der Waals surface area contributed by atoms with Gasteiger partial charge in [0.15, 0.2) is 6.61 Å². The summed E-state index contributed by atoms with van der Waals surface area (Å²) in [6, 6.07) is 11.4. The number of hydrogen-bond donors (Lipinski definition) is 1. The van der Waals surface area contributed by atoms with E-state index in [0.717, 1.165) is 10.0 Å². The number of carbonyl (C=O) groups is 4. The first-order valence-electron chi connectivity index (χ1n) is 10.2. The SMILES string of the molecule is Cc1cc(NC(=O)COC(=O)c2ccc(N3C(=O)[C@H]4CC=CC[C@H]4C3=O)cc2)ccc1Br. The molecule has 0 unspecified atom stereocenters. The maximum Gasteiger partial charge on any atom is 0.338 e. The summed E-state index contributed by atoms with van der Waals surface area (Å²) in [4.78, 5) is 50.9. The molecule has 0 spiro atoms. The van der Waals surface area contributed by atoms with Crippen LogP contribution in [0.1, 0.15) is 28.8 Å². The number of nitrogens with one attached hydrogen (secondary N) is 1. The number of rotatable bonds is 5. The molecular weight excluding hydrogens is 476 g/mol. The zero-order valence-electron chi connectivity index (χ0n) is 17.3. The van der Waals surface area contributed by atoms with Crippen LogP contribution in [0, 0.1) is 18.8 Å². The van der Waals surface area contributed by atoms with E-state index in [2.05, 4.69) is 21.2 Å². The molecule has 0 bridgehead atoms. The second kappa shape index (κ2) is 9.08. The molecule has 1 aliphatic carbocycles. The lowest BCUT2D eigenvalue weighted by atomic mass is 9.85. The summed E-state index contributed by atoms with van der Waals surface area (Å²) >= 11 is 3.39. The number of fused-ring (bicyclic) bond motifs is 1. The smallest absolute Gasteiger partial charge is 0.338 e. The molecule has 32 heavy (non-hydrogen) atoms. The molecule has 1 saturated heterocycles. The number of esters is 1. The monoisotopic (exact) mass is 496 g/mol. The number of hydrogen-bond acceptors (Lipinski definition) is 5. The quantitative estimate of drug-likeness (QED) is 0.383. The van der Waals surface area contributed by atoms with E-state index in [1.807, 2.05) is 25.1 Å². The predicted molar refractivity (Wildman–Crippen MR) is 122 cm³/mol. The zero-order chi connectivity index (χ0) is 22.8. The van der Waals surface area contributed by atoms with Crippen molar-refractivity contribution in [1.82, 2.24) is 0 Å². The van der Waals surface area contributed by atoms with Gasteiger partial charge < -0.3 is 10.1 Å². The van der Waals surface area contributed by atoms with E-state index in [1.165, 1.54) is 17.0 Å².